The van der Waals surface area contributed by atoms with Gasteiger partial charge in [0.15, 0.2) is 0 Å². The zero-order valence-corrected chi connectivity index (χ0v) is 19.1. The molecule has 0 radical (unpaired) electrons. The van der Waals surface area contributed by atoms with Crippen LogP contribution < -0.4 is 9.80 Å². The van der Waals surface area contributed by atoms with Gasteiger partial charge in [0.2, 0.25) is 0 Å². The van der Waals surface area contributed by atoms with E-state index in [2.05, 4.69) is 22.1 Å². The Morgan fingerprint density at radius 2 is 1.79 bits per heavy atom. The smallest absolute Gasteiger partial charge is 0.416 e. The minimum absolute atomic E-state index is 0.0686. The molecule has 178 valence electrons. The fourth-order valence-electron chi connectivity index (χ4n) is 4.93. The van der Waals surface area contributed by atoms with Gasteiger partial charge in [0.05, 0.1) is 18.2 Å². The molecule has 2 saturated heterocycles. The number of aliphatic hydroxyl groups excluding tert-OH is 1. The summed E-state index contributed by atoms with van der Waals surface area (Å²) in [4.78, 5) is 39.7. The van der Waals surface area contributed by atoms with Crippen molar-refractivity contribution >= 4 is 23.6 Å². The molecule has 6 rings (SSSR count). The molecule has 1 unspecified atom stereocenters. The van der Waals surface area contributed by atoms with Crippen LogP contribution in [-0.4, -0.2) is 77.4 Å². The van der Waals surface area contributed by atoms with Gasteiger partial charge in [-0.2, -0.15) is 0 Å². The van der Waals surface area contributed by atoms with Crippen molar-refractivity contribution in [3.05, 3.63) is 47.3 Å². The highest BCUT2D eigenvalue weighted by Crippen LogP contribution is 2.47. The Balaban J connectivity index is 1.11. The summed E-state index contributed by atoms with van der Waals surface area (Å²) in [7, 11) is 0. The Morgan fingerprint density at radius 1 is 1.03 bits per heavy atom. The molecule has 2 aliphatic heterocycles. The molecule has 2 aliphatic carbocycles. The van der Waals surface area contributed by atoms with Gasteiger partial charge in [0.1, 0.15) is 18.2 Å². The van der Waals surface area contributed by atoms with E-state index in [4.69, 9.17) is 9.72 Å². The fourth-order valence-corrected chi connectivity index (χ4v) is 4.93. The Hall–Kier alpha value is -3.20. The summed E-state index contributed by atoms with van der Waals surface area (Å²) >= 11 is 0. The molecular formula is C25H29N5O4. The van der Waals surface area contributed by atoms with Crippen molar-refractivity contribution in [3.8, 4) is 0 Å². The first-order chi connectivity index (χ1) is 16.6. The summed E-state index contributed by atoms with van der Waals surface area (Å²) in [5.74, 6) is 2.75. The number of hydrogen-bond acceptors (Lipinski definition) is 7. The fraction of sp³-hybridized carbons (Fsp3) is 0.520. The van der Waals surface area contributed by atoms with Crippen LogP contribution in [0.1, 0.15) is 59.0 Å². The third-order valence-electron chi connectivity index (χ3n) is 7.26. The van der Waals surface area contributed by atoms with E-state index in [0.29, 0.717) is 36.3 Å². The molecule has 1 atom stereocenters. The number of carbonyl (C=O) groups excluding carboxylic acids is 2. The van der Waals surface area contributed by atoms with E-state index in [1.807, 2.05) is 4.90 Å². The Labute approximate surface area is 198 Å². The van der Waals surface area contributed by atoms with Gasteiger partial charge in [-0.3, -0.25) is 9.69 Å². The number of hydrogen-bond donors (Lipinski definition) is 1. The van der Waals surface area contributed by atoms with Gasteiger partial charge in [0, 0.05) is 38.6 Å². The lowest BCUT2D eigenvalue weighted by Gasteiger charge is -2.36. The third-order valence-corrected chi connectivity index (χ3v) is 7.26. The van der Waals surface area contributed by atoms with Gasteiger partial charge in [0.25, 0.3) is 5.91 Å². The summed E-state index contributed by atoms with van der Waals surface area (Å²) in [5.41, 5.74) is 3.27. The summed E-state index contributed by atoms with van der Waals surface area (Å²) in [6.45, 7) is 2.68. The van der Waals surface area contributed by atoms with E-state index in [0.717, 1.165) is 18.9 Å². The topological polar surface area (TPSA) is 99.1 Å². The average molecular weight is 464 g/mol. The molecule has 2 saturated carbocycles. The molecule has 4 heterocycles. The summed E-state index contributed by atoms with van der Waals surface area (Å²) in [6.07, 6.45) is 8.08. The van der Waals surface area contributed by atoms with Crippen molar-refractivity contribution in [2.45, 2.75) is 43.6 Å². The van der Waals surface area contributed by atoms with Crippen molar-refractivity contribution in [1.29, 1.82) is 0 Å². The van der Waals surface area contributed by atoms with Gasteiger partial charge in [-0.05, 0) is 60.8 Å². The van der Waals surface area contributed by atoms with Crippen molar-refractivity contribution in [2.24, 2.45) is 0 Å². The average Bonchev–Trinajstić information content (AvgIpc) is 3.81. The van der Waals surface area contributed by atoms with E-state index in [9.17, 15) is 14.7 Å². The normalized spacial score (nSPS) is 22.8. The van der Waals surface area contributed by atoms with Gasteiger partial charge >= 0.3 is 6.09 Å². The van der Waals surface area contributed by atoms with E-state index < -0.39 is 12.1 Å². The summed E-state index contributed by atoms with van der Waals surface area (Å²) in [6, 6.07) is 5.24. The number of pyridine rings is 2. The molecule has 0 spiro atoms. The van der Waals surface area contributed by atoms with Crippen LogP contribution in [0.25, 0.3) is 0 Å². The largest absolute Gasteiger partial charge is 0.447 e. The first-order valence-electron chi connectivity index (χ1n) is 12.2. The number of cyclic esters (lactones) is 1. The highest BCUT2D eigenvalue weighted by Gasteiger charge is 2.35. The number of carbonyl (C=O) groups is 2. The molecule has 9 nitrogen and oxygen atoms in total. The lowest BCUT2D eigenvalue weighted by Crippen LogP contribution is -2.49. The Kier molecular flexibility index (Phi) is 5.36. The maximum absolute atomic E-state index is 13.1. The quantitative estimate of drug-likeness (QED) is 0.703. The van der Waals surface area contributed by atoms with Crippen LogP contribution in [0.3, 0.4) is 0 Å². The van der Waals surface area contributed by atoms with Crippen molar-refractivity contribution in [1.82, 2.24) is 14.9 Å². The van der Waals surface area contributed by atoms with Crippen LogP contribution >= 0.6 is 0 Å². The van der Waals surface area contributed by atoms with Crippen LogP contribution in [0, 0.1) is 0 Å². The Bertz CT molecular complexity index is 1090. The SMILES string of the molecule is O=C(c1ccc(N2C(=O)OCC2CO)nc1)N1CCN(c2ncc(C3CC3)cc2C2CC2)CC1. The van der Waals surface area contributed by atoms with E-state index in [1.54, 1.807) is 12.1 Å². The van der Waals surface area contributed by atoms with Crippen LogP contribution in [0.15, 0.2) is 30.6 Å². The first-order valence-corrected chi connectivity index (χ1v) is 12.2. The van der Waals surface area contributed by atoms with Crippen molar-refractivity contribution in [2.75, 3.05) is 49.2 Å². The molecule has 0 bridgehead atoms. The molecule has 1 N–H and O–H groups in total. The zero-order chi connectivity index (χ0) is 23.2. The third kappa shape index (κ3) is 3.98. The molecule has 4 aliphatic rings. The number of piperazine rings is 1. The lowest BCUT2D eigenvalue weighted by molar-refractivity contribution is 0.0746. The zero-order valence-electron chi connectivity index (χ0n) is 19.1. The standard InChI is InChI=1S/C25H29N5O4/c31-14-20-15-34-25(33)30(20)22-6-5-18(12-26-22)24(32)29-9-7-28(8-10-29)23-21(17-3-4-17)11-19(13-27-23)16-1-2-16/h5-6,11-13,16-17,20,31H,1-4,7-10,14-15H2. The monoisotopic (exact) mass is 463 g/mol. The number of amides is 2. The maximum Gasteiger partial charge on any atom is 0.416 e. The molecule has 2 aromatic heterocycles. The minimum Gasteiger partial charge on any atom is -0.447 e. The van der Waals surface area contributed by atoms with Crippen LogP contribution in [0.5, 0.6) is 0 Å². The number of rotatable bonds is 6. The highest BCUT2D eigenvalue weighted by atomic mass is 16.6. The molecule has 4 fully saturated rings. The summed E-state index contributed by atoms with van der Waals surface area (Å²) < 4.78 is 4.99. The molecule has 2 aromatic rings. The molecule has 0 aromatic carbocycles. The number of aromatic nitrogens is 2. The molecule has 34 heavy (non-hydrogen) atoms. The van der Waals surface area contributed by atoms with Crippen molar-refractivity contribution in [3.63, 3.8) is 0 Å². The predicted octanol–water partition coefficient (Wildman–Crippen LogP) is 2.51. The second-order valence-electron chi connectivity index (χ2n) is 9.70. The van der Waals surface area contributed by atoms with Gasteiger partial charge in [-0.15, -0.1) is 0 Å². The maximum atomic E-state index is 13.1. The Morgan fingerprint density at radius 3 is 2.44 bits per heavy atom. The van der Waals surface area contributed by atoms with Crippen LogP contribution in [-0.2, 0) is 4.74 Å². The van der Waals surface area contributed by atoms with Crippen LogP contribution in [0.2, 0.25) is 0 Å². The first kappa shape index (κ1) is 21.3. The van der Waals surface area contributed by atoms with E-state index >= 15 is 0 Å². The summed E-state index contributed by atoms with van der Waals surface area (Å²) in [5, 5.41) is 9.45. The van der Waals surface area contributed by atoms with E-state index in [1.165, 1.54) is 47.9 Å². The molecule has 9 heteroatoms. The van der Waals surface area contributed by atoms with Gasteiger partial charge in [-0.1, -0.05) is 6.07 Å². The number of ether oxygens (including phenoxy) is 1. The van der Waals surface area contributed by atoms with Gasteiger partial charge in [-0.25, -0.2) is 14.8 Å². The predicted molar refractivity (Wildman–Crippen MR) is 125 cm³/mol. The second-order valence-corrected chi connectivity index (χ2v) is 9.70. The lowest BCUT2D eigenvalue weighted by atomic mass is 10.1. The van der Waals surface area contributed by atoms with Crippen LogP contribution in [0.4, 0.5) is 16.4 Å². The number of nitrogens with zero attached hydrogens (tertiary/aromatic N) is 5. The molecule has 2 amide bonds. The number of aliphatic hydroxyl groups is 1. The van der Waals surface area contributed by atoms with E-state index in [-0.39, 0.29) is 19.1 Å². The second kappa shape index (κ2) is 8.54. The highest BCUT2D eigenvalue weighted by molar-refractivity contribution is 5.95. The van der Waals surface area contributed by atoms with Crippen molar-refractivity contribution < 1.29 is 19.4 Å². The number of anilines is 2. The minimum atomic E-state index is -0.536. The molecular weight excluding hydrogens is 434 g/mol. The van der Waals surface area contributed by atoms with Gasteiger partial charge < -0.3 is 19.6 Å².